The molecule has 1 aliphatic rings. The monoisotopic (exact) mass is 334 g/mol. The maximum atomic E-state index is 12.9. The van der Waals surface area contributed by atoms with Gasteiger partial charge < -0.3 is 14.9 Å². The lowest BCUT2D eigenvalue weighted by Crippen LogP contribution is -2.46. The summed E-state index contributed by atoms with van der Waals surface area (Å²) in [6.45, 7) is 4.80. The molecule has 2 heterocycles. The molecular formula is C17H23FN4O2. The van der Waals surface area contributed by atoms with Crippen LogP contribution < -0.4 is 5.32 Å². The van der Waals surface area contributed by atoms with E-state index in [0.29, 0.717) is 30.8 Å². The fourth-order valence-corrected chi connectivity index (χ4v) is 3.05. The Morgan fingerprint density at radius 2 is 2.21 bits per heavy atom. The van der Waals surface area contributed by atoms with Crippen LogP contribution in [-0.2, 0) is 6.54 Å². The second-order valence-electron chi connectivity index (χ2n) is 6.28. The van der Waals surface area contributed by atoms with Gasteiger partial charge in [-0.25, -0.2) is 4.39 Å². The number of hydrogen-bond acceptors (Lipinski definition) is 6. The molecule has 0 unspecified atom stereocenters. The standard InChI is InChI=1S/C17H23FN4O2/c1-12-20-17(21-24-12)11-22-8-2-3-15(10-22)19-9-16(23)13-4-6-14(18)7-5-13/h4-7,15-16,19,23H,2-3,8-11H2,1H3/t15-,16-/m1/s1. The molecule has 130 valence electrons. The minimum Gasteiger partial charge on any atom is -0.387 e. The van der Waals surface area contributed by atoms with Crippen LogP contribution in [0.4, 0.5) is 4.39 Å². The Bertz CT molecular complexity index is 646. The van der Waals surface area contributed by atoms with Crippen LogP contribution in [0.15, 0.2) is 28.8 Å². The molecule has 0 aliphatic carbocycles. The van der Waals surface area contributed by atoms with Gasteiger partial charge in [0, 0.05) is 26.1 Å². The average Bonchev–Trinajstić information content (AvgIpc) is 2.98. The Balaban J connectivity index is 1.47. The smallest absolute Gasteiger partial charge is 0.223 e. The summed E-state index contributed by atoms with van der Waals surface area (Å²) in [6, 6.07) is 6.28. The number of halogens is 1. The molecule has 2 aromatic rings. The van der Waals surface area contributed by atoms with E-state index >= 15 is 0 Å². The van der Waals surface area contributed by atoms with E-state index in [4.69, 9.17) is 4.52 Å². The Kier molecular flexibility index (Phi) is 5.55. The van der Waals surface area contributed by atoms with Crippen molar-refractivity contribution in [2.24, 2.45) is 0 Å². The summed E-state index contributed by atoms with van der Waals surface area (Å²) < 4.78 is 17.9. The van der Waals surface area contributed by atoms with Gasteiger partial charge in [-0.3, -0.25) is 4.90 Å². The van der Waals surface area contributed by atoms with Gasteiger partial charge in [-0.15, -0.1) is 0 Å². The zero-order valence-electron chi connectivity index (χ0n) is 13.8. The number of benzene rings is 1. The molecule has 2 atom stereocenters. The molecule has 1 aromatic heterocycles. The number of piperidine rings is 1. The van der Waals surface area contributed by atoms with Crippen molar-refractivity contribution in [2.75, 3.05) is 19.6 Å². The first-order valence-electron chi connectivity index (χ1n) is 8.28. The van der Waals surface area contributed by atoms with E-state index in [0.717, 1.165) is 31.5 Å². The summed E-state index contributed by atoms with van der Waals surface area (Å²) >= 11 is 0. The van der Waals surface area contributed by atoms with E-state index < -0.39 is 6.10 Å². The summed E-state index contributed by atoms with van der Waals surface area (Å²) in [5.41, 5.74) is 0.721. The lowest BCUT2D eigenvalue weighted by atomic mass is 10.0. The van der Waals surface area contributed by atoms with Crippen LogP contribution in [0.2, 0.25) is 0 Å². The minimum absolute atomic E-state index is 0.293. The number of likely N-dealkylation sites (tertiary alicyclic amines) is 1. The van der Waals surface area contributed by atoms with Crippen molar-refractivity contribution in [2.45, 2.75) is 38.5 Å². The van der Waals surface area contributed by atoms with Gasteiger partial charge in [-0.2, -0.15) is 4.98 Å². The fraction of sp³-hybridized carbons (Fsp3) is 0.529. The number of aromatic nitrogens is 2. The molecular weight excluding hydrogens is 311 g/mol. The number of nitrogens with zero attached hydrogens (tertiary/aromatic N) is 3. The number of aliphatic hydroxyl groups is 1. The number of aliphatic hydroxyl groups excluding tert-OH is 1. The highest BCUT2D eigenvalue weighted by Gasteiger charge is 2.22. The van der Waals surface area contributed by atoms with Gasteiger partial charge >= 0.3 is 0 Å². The summed E-state index contributed by atoms with van der Waals surface area (Å²) in [4.78, 5) is 6.53. The number of nitrogens with one attached hydrogen (secondary N) is 1. The molecule has 6 nitrogen and oxygen atoms in total. The molecule has 0 amide bonds. The van der Waals surface area contributed by atoms with Crippen molar-refractivity contribution in [1.29, 1.82) is 0 Å². The van der Waals surface area contributed by atoms with Crippen molar-refractivity contribution in [3.8, 4) is 0 Å². The molecule has 0 radical (unpaired) electrons. The molecule has 0 saturated carbocycles. The van der Waals surface area contributed by atoms with Gasteiger partial charge in [0.25, 0.3) is 0 Å². The molecule has 0 bridgehead atoms. The van der Waals surface area contributed by atoms with Crippen LogP contribution in [-0.4, -0.2) is 45.8 Å². The van der Waals surface area contributed by atoms with Crippen LogP contribution in [0.3, 0.4) is 0 Å². The zero-order valence-corrected chi connectivity index (χ0v) is 13.8. The van der Waals surface area contributed by atoms with E-state index in [1.165, 1.54) is 12.1 Å². The third-order valence-electron chi connectivity index (χ3n) is 4.29. The van der Waals surface area contributed by atoms with Crippen LogP contribution in [0, 0.1) is 12.7 Å². The maximum Gasteiger partial charge on any atom is 0.223 e. The van der Waals surface area contributed by atoms with Crippen LogP contribution >= 0.6 is 0 Å². The van der Waals surface area contributed by atoms with E-state index in [1.807, 2.05) is 0 Å². The van der Waals surface area contributed by atoms with Crippen molar-refractivity contribution in [3.05, 3.63) is 47.4 Å². The first-order valence-corrected chi connectivity index (χ1v) is 8.28. The molecule has 1 aliphatic heterocycles. The van der Waals surface area contributed by atoms with Crippen molar-refractivity contribution >= 4 is 0 Å². The average molecular weight is 334 g/mol. The quantitative estimate of drug-likeness (QED) is 0.839. The van der Waals surface area contributed by atoms with Crippen LogP contribution in [0.1, 0.15) is 36.2 Å². The number of rotatable bonds is 6. The number of hydrogen-bond donors (Lipinski definition) is 2. The molecule has 2 N–H and O–H groups in total. The van der Waals surface area contributed by atoms with Crippen molar-refractivity contribution in [1.82, 2.24) is 20.4 Å². The Labute approximate surface area is 140 Å². The van der Waals surface area contributed by atoms with Crippen molar-refractivity contribution in [3.63, 3.8) is 0 Å². The van der Waals surface area contributed by atoms with Gasteiger partial charge in [0.1, 0.15) is 5.82 Å². The Hall–Kier alpha value is -1.83. The lowest BCUT2D eigenvalue weighted by molar-refractivity contribution is 0.142. The topological polar surface area (TPSA) is 74.4 Å². The molecule has 24 heavy (non-hydrogen) atoms. The van der Waals surface area contributed by atoms with E-state index in [9.17, 15) is 9.50 Å². The molecule has 1 aromatic carbocycles. The summed E-state index contributed by atoms with van der Waals surface area (Å²) in [6.07, 6.45) is 1.51. The highest BCUT2D eigenvalue weighted by atomic mass is 19.1. The van der Waals surface area contributed by atoms with Gasteiger partial charge in [0.15, 0.2) is 5.82 Å². The van der Waals surface area contributed by atoms with Gasteiger partial charge in [-0.05, 0) is 37.1 Å². The van der Waals surface area contributed by atoms with Crippen molar-refractivity contribution < 1.29 is 14.0 Å². The largest absolute Gasteiger partial charge is 0.387 e. The van der Waals surface area contributed by atoms with Crippen LogP contribution in [0.25, 0.3) is 0 Å². The fourth-order valence-electron chi connectivity index (χ4n) is 3.05. The Morgan fingerprint density at radius 3 is 2.92 bits per heavy atom. The second kappa shape index (κ2) is 7.83. The third kappa shape index (κ3) is 4.59. The van der Waals surface area contributed by atoms with Gasteiger partial charge in [0.05, 0.1) is 12.6 Å². The minimum atomic E-state index is -0.638. The maximum absolute atomic E-state index is 12.9. The van der Waals surface area contributed by atoms with E-state index in [1.54, 1.807) is 19.1 Å². The summed E-state index contributed by atoms with van der Waals surface area (Å²) in [5, 5.41) is 17.6. The highest BCUT2D eigenvalue weighted by molar-refractivity contribution is 5.18. The normalized spacial score (nSPS) is 20.2. The van der Waals surface area contributed by atoms with E-state index in [2.05, 4.69) is 20.4 Å². The predicted molar refractivity (Wildman–Crippen MR) is 86.7 cm³/mol. The molecule has 1 saturated heterocycles. The Morgan fingerprint density at radius 1 is 1.42 bits per heavy atom. The van der Waals surface area contributed by atoms with Gasteiger partial charge in [0.2, 0.25) is 5.89 Å². The third-order valence-corrected chi connectivity index (χ3v) is 4.29. The highest BCUT2D eigenvalue weighted by Crippen LogP contribution is 2.16. The van der Waals surface area contributed by atoms with E-state index in [-0.39, 0.29) is 5.82 Å². The SMILES string of the molecule is Cc1nc(CN2CCC[C@@H](NC[C@@H](O)c3ccc(F)cc3)C2)no1. The second-order valence-corrected chi connectivity index (χ2v) is 6.28. The predicted octanol–water partition coefficient (Wildman–Crippen LogP) is 1.80. The molecule has 1 fully saturated rings. The van der Waals surface area contributed by atoms with Crippen LogP contribution in [0.5, 0.6) is 0 Å². The molecule has 7 heteroatoms. The first-order chi connectivity index (χ1) is 11.6. The molecule has 3 rings (SSSR count). The first kappa shape index (κ1) is 17.0. The summed E-state index contributed by atoms with van der Waals surface area (Å²) in [5.74, 6) is 0.997. The number of aryl methyl sites for hydroxylation is 1. The lowest BCUT2D eigenvalue weighted by Gasteiger charge is -2.33. The van der Waals surface area contributed by atoms with Gasteiger partial charge in [-0.1, -0.05) is 17.3 Å². The zero-order chi connectivity index (χ0) is 16.9. The summed E-state index contributed by atoms with van der Waals surface area (Å²) in [7, 11) is 0. The molecule has 0 spiro atoms.